The van der Waals surface area contributed by atoms with Crippen LogP contribution in [0.3, 0.4) is 0 Å². The molecule has 0 bridgehead atoms. The Balaban J connectivity index is 1.64. The van der Waals surface area contributed by atoms with E-state index in [1.807, 2.05) is 12.1 Å². The molecule has 8 heteroatoms. The van der Waals surface area contributed by atoms with Crippen LogP contribution in [0.2, 0.25) is 0 Å². The van der Waals surface area contributed by atoms with Crippen LogP contribution >= 0.6 is 0 Å². The molecule has 0 spiro atoms. The fraction of sp³-hybridized carbons (Fsp3) is 0.250. The molecule has 0 unspecified atom stereocenters. The highest BCUT2D eigenvalue weighted by molar-refractivity contribution is 6.36. The third kappa shape index (κ3) is 3.02. The van der Waals surface area contributed by atoms with E-state index < -0.39 is 11.8 Å². The first-order valence-electron chi connectivity index (χ1n) is 8.69. The van der Waals surface area contributed by atoms with Gasteiger partial charge in [0.25, 0.3) is 5.91 Å². The van der Waals surface area contributed by atoms with E-state index in [4.69, 9.17) is 9.47 Å². The number of amides is 3. The lowest BCUT2D eigenvalue weighted by molar-refractivity contribution is -0.135. The molecular formula is C20H17N3O5. The zero-order valence-electron chi connectivity index (χ0n) is 15.4. The standard InChI is InChI=1S/C20H17N3O5/c1-27-16-8-11-5-6-23(10-13(11)9-17(16)28-2)20(26)12-3-4-14-15(7-12)22-19(25)18(24)21-14/h3-4,7-9H,5-6,10H2,1-2H3. The molecule has 2 aliphatic rings. The van der Waals surface area contributed by atoms with Gasteiger partial charge in [0.1, 0.15) is 0 Å². The van der Waals surface area contributed by atoms with Crippen molar-refractivity contribution >= 4 is 17.7 Å². The molecule has 0 aliphatic carbocycles. The van der Waals surface area contributed by atoms with E-state index in [0.717, 1.165) is 11.1 Å². The molecule has 0 saturated carbocycles. The van der Waals surface area contributed by atoms with Crippen LogP contribution in [-0.2, 0) is 22.6 Å². The number of hydrogen-bond donors (Lipinski definition) is 0. The molecule has 142 valence electrons. The fourth-order valence-corrected chi connectivity index (χ4v) is 3.39. The predicted octanol–water partition coefficient (Wildman–Crippen LogP) is 0.208. The van der Waals surface area contributed by atoms with Crippen LogP contribution in [-0.4, -0.2) is 43.4 Å². The molecule has 28 heavy (non-hydrogen) atoms. The first kappa shape index (κ1) is 17.8. The van der Waals surface area contributed by atoms with Gasteiger partial charge in [-0.3, -0.25) is 14.4 Å². The summed E-state index contributed by atoms with van der Waals surface area (Å²) in [6.45, 7) is 0.988. The van der Waals surface area contributed by atoms with Crippen LogP contribution in [0.1, 0.15) is 21.5 Å². The van der Waals surface area contributed by atoms with Crippen molar-refractivity contribution in [3.8, 4) is 11.5 Å². The van der Waals surface area contributed by atoms with Crippen LogP contribution in [0.25, 0.3) is 0 Å². The van der Waals surface area contributed by atoms with Gasteiger partial charge in [-0.1, -0.05) is 0 Å². The Kier molecular flexibility index (Phi) is 4.38. The van der Waals surface area contributed by atoms with E-state index in [-0.39, 0.29) is 11.3 Å². The molecule has 0 radical (unpaired) electrons. The number of methoxy groups -OCH3 is 2. The summed E-state index contributed by atoms with van der Waals surface area (Å²) in [6, 6.07) is 8.45. The Morgan fingerprint density at radius 2 is 1.57 bits per heavy atom. The van der Waals surface area contributed by atoms with Gasteiger partial charge in [0, 0.05) is 18.7 Å². The van der Waals surface area contributed by atoms with Crippen molar-refractivity contribution in [2.75, 3.05) is 20.8 Å². The summed E-state index contributed by atoms with van der Waals surface area (Å²) >= 11 is 0. The average molecular weight is 379 g/mol. The number of carbonyl (C=O) groups excluding carboxylic acids is 3. The summed E-state index contributed by atoms with van der Waals surface area (Å²) in [7, 11) is 3.17. The van der Waals surface area contributed by atoms with Crippen molar-refractivity contribution in [2.45, 2.75) is 13.0 Å². The molecule has 0 aromatic heterocycles. The summed E-state index contributed by atoms with van der Waals surface area (Å²) in [5.74, 6) is -0.718. The Bertz CT molecular complexity index is 1140. The summed E-state index contributed by atoms with van der Waals surface area (Å²) < 4.78 is 10.7. The molecule has 4 rings (SSSR count). The summed E-state index contributed by atoms with van der Waals surface area (Å²) in [5.41, 5.74) is 2.50. The highest BCUT2D eigenvalue weighted by Gasteiger charge is 2.24. The second-order valence-corrected chi connectivity index (χ2v) is 6.49. The SMILES string of the molecule is COc1cc2c(cc1OC)CN(C(=O)c1ccc3c(c1)=NC(=O)C(=O)N=3)CC2. The normalized spacial score (nSPS) is 15.1. The number of nitrogens with zero attached hydrogens (tertiary/aromatic N) is 3. The first-order valence-corrected chi connectivity index (χ1v) is 8.69. The maximum absolute atomic E-state index is 13.0. The van der Waals surface area contributed by atoms with Crippen LogP contribution in [0.4, 0.5) is 0 Å². The van der Waals surface area contributed by atoms with Gasteiger partial charge in [-0.05, 0) is 47.9 Å². The van der Waals surface area contributed by atoms with Gasteiger partial charge in [-0.2, -0.15) is 0 Å². The van der Waals surface area contributed by atoms with Crippen LogP contribution in [0, 0.1) is 0 Å². The lowest BCUT2D eigenvalue weighted by Crippen LogP contribution is -2.39. The van der Waals surface area contributed by atoms with Crippen LogP contribution < -0.4 is 20.2 Å². The lowest BCUT2D eigenvalue weighted by atomic mass is 9.98. The molecule has 2 aliphatic heterocycles. The Morgan fingerprint density at radius 3 is 2.25 bits per heavy atom. The minimum atomic E-state index is -0.926. The third-order valence-corrected chi connectivity index (χ3v) is 4.85. The number of ether oxygens (including phenoxy) is 2. The number of rotatable bonds is 3. The number of fused-ring (bicyclic) bond motifs is 2. The second-order valence-electron chi connectivity index (χ2n) is 6.49. The molecule has 3 amide bonds. The zero-order valence-corrected chi connectivity index (χ0v) is 15.4. The molecule has 2 heterocycles. The van der Waals surface area contributed by atoms with Crippen LogP contribution in [0.5, 0.6) is 11.5 Å². The van der Waals surface area contributed by atoms with E-state index in [9.17, 15) is 14.4 Å². The minimum absolute atomic E-state index is 0.178. The molecule has 8 nitrogen and oxygen atoms in total. The molecule has 0 atom stereocenters. The van der Waals surface area contributed by atoms with Gasteiger partial charge >= 0.3 is 11.8 Å². The Labute approximate surface area is 160 Å². The first-order chi connectivity index (χ1) is 13.5. The van der Waals surface area contributed by atoms with E-state index in [0.29, 0.717) is 41.9 Å². The molecule has 0 fully saturated rings. The van der Waals surface area contributed by atoms with Gasteiger partial charge in [0.2, 0.25) is 0 Å². The fourth-order valence-electron chi connectivity index (χ4n) is 3.39. The van der Waals surface area contributed by atoms with Gasteiger partial charge < -0.3 is 14.4 Å². The highest BCUT2D eigenvalue weighted by atomic mass is 16.5. The number of carbonyl (C=O) groups is 3. The van der Waals surface area contributed by atoms with Crippen LogP contribution in [0.15, 0.2) is 40.3 Å². The van der Waals surface area contributed by atoms with E-state index in [1.54, 1.807) is 25.2 Å². The summed E-state index contributed by atoms with van der Waals surface area (Å²) in [6.07, 6.45) is 0.694. The lowest BCUT2D eigenvalue weighted by Gasteiger charge is -2.29. The van der Waals surface area contributed by atoms with E-state index in [2.05, 4.69) is 9.98 Å². The number of benzene rings is 2. The van der Waals surface area contributed by atoms with Crippen molar-refractivity contribution in [3.63, 3.8) is 0 Å². The molecule has 0 saturated heterocycles. The number of hydrogen-bond acceptors (Lipinski definition) is 5. The third-order valence-electron chi connectivity index (χ3n) is 4.85. The Morgan fingerprint density at radius 1 is 0.929 bits per heavy atom. The highest BCUT2D eigenvalue weighted by Crippen LogP contribution is 2.33. The van der Waals surface area contributed by atoms with Crippen molar-refractivity contribution in [2.24, 2.45) is 9.98 Å². The van der Waals surface area contributed by atoms with Crippen molar-refractivity contribution < 1.29 is 23.9 Å². The maximum Gasteiger partial charge on any atom is 0.338 e. The quantitative estimate of drug-likeness (QED) is 0.710. The van der Waals surface area contributed by atoms with Gasteiger partial charge in [-0.15, -0.1) is 0 Å². The molecular weight excluding hydrogens is 362 g/mol. The second kappa shape index (κ2) is 6.88. The van der Waals surface area contributed by atoms with Crippen molar-refractivity contribution in [1.29, 1.82) is 0 Å². The van der Waals surface area contributed by atoms with E-state index >= 15 is 0 Å². The molecule has 0 N–H and O–H groups in total. The largest absolute Gasteiger partial charge is 0.493 e. The summed E-state index contributed by atoms with van der Waals surface area (Å²) in [5, 5.41) is 0.529. The molecule has 2 aromatic rings. The minimum Gasteiger partial charge on any atom is -0.493 e. The average Bonchev–Trinajstić information content (AvgIpc) is 2.72. The van der Waals surface area contributed by atoms with Gasteiger partial charge in [0.15, 0.2) is 11.5 Å². The van der Waals surface area contributed by atoms with Crippen molar-refractivity contribution in [1.82, 2.24) is 4.90 Å². The van der Waals surface area contributed by atoms with E-state index in [1.165, 1.54) is 12.1 Å². The maximum atomic E-state index is 13.0. The van der Waals surface area contributed by atoms with Gasteiger partial charge in [0.05, 0.1) is 24.9 Å². The monoisotopic (exact) mass is 379 g/mol. The topological polar surface area (TPSA) is 97.6 Å². The smallest absolute Gasteiger partial charge is 0.338 e. The zero-order chi connectivity index (χ0) is 19.8. The molecule has 2 aromatic carbocycles. The van der Waals surface area contributed by atoms with Gasteiger partial charge in [-0.25, -0.2) is 9.98 Å². The predicted molar refractivity (Wildman–Crippen MR) is 96.8 cm³/mol. The Hall–Kier alpha value is -3.55. The summed E-state index contributed by atoms with van der Waals surface area (Å²) in [4.78, 5) is 44.9. The van der Waals surface area contributed by atoms with Crippen molar-refractivity contribution in [3.05, 3.63) is 57.7 Å².